The Morgan fingerprint density at radius 1 is 1.07 bits per heavy atom. The number of benzene rings is 2. The monoisotopic (exact) mass is 569 g/mol. The lowest BCUT2D eigenvalue weighted by Crippen LogP contribution is -2.29. The van der Waals surface area contributed by atoms with Gasteiger partial charge in [0.15, 0.2) is 5.11 Å². The van der Waals surface area contributed by atoms with E-state index < -0.39 is 5.97 Å². The third-order valence-corrected chi connectivity index (χ3v) is 7.63. The number of rotatable bonds is 8. The zero-order valence-corrected chi connectivity index (χ0v) is 24.0. The Morgan fingerprint density at radius 2 is 1.80 bits per heavy atom. The number of amides is 1. The number of aromatic nitrogens is 2. The number of anilines is 2. The minimum absolute atomic E-state index is 0.105. The number of aromatic carboxylic acids is 1. The molecule has 3 heterocycles. The molecule has 2 atom stereocenters. The molecule has 5 rings (SSSR count). The zero-order chi connectivity index (χ0) is 29.3. The third kappa shape index (κ3) is 5.26. The Kier molecular flexibility index (Phi) is 7.76. The molecule has 0 unspecified atom stereocenters. The highest BCUT2D eigenvalue weighted by Crippen LogP contribution is 2.45. The molecule has 0 radical (unpaired) electrons. The summed E-state index contributed by atoms with van der Waals surface area (Å²) in [5.41, 5.74) is 6.35. The van der Waals surface area contributed by atoms with Gasteiger partial charge in [-0.25, -0.2) is 4.79 Å². The Hall–Kier alpha value is -4.70. The van der Waals surface area contributed by atoms with Crippen molar-refractivity contribution < 1.29 is 19.4 Å². The fourth-order valence-corrected chi connectivity index (χ4v) is 5.70. The first kappa shape index (κ1) is 27.9. The molecule has 9 nitrogen and oxygen atoms in total. The summed E-state index contributed by atoms with van der Waals surface area (Å²) in [7, 11) is 1.57. The van der Waals surface area contributed by atoms with E-state index in [1.807, 2.05) is 62.4 Å². The molecule has 2 aromatic carbocycles. The molecular formula is C31H31N5O4S. The standard InChI is InChI=1S/C31H31N5O4S/c1-5-27(37)33-24-14-13-22(17-26(24)40-4)36-29(28(34-31(36)41)25-8-6-7-15-32-25)23-16-18(2)35(19(23)3)21-11-9-20(10-12-21)30(38)39/h6-17,28-29H,5H2,1-4H3,(H,33,37)(H,34,41)(H,38,39)/t28-,29-/m1/s1. The molecule has 0 spiro atoms. The van der Waals surface area contributed by atoms with E-state index in [1.165, 1.54) is 0 Å². The van der Waals surface area contributed by atoms with Crippen molar-refractivity contribution in [1.29, 1.82) is 0 Å². The minimum atomic E-state index is -0.965. The lowest BCUT2D eigenvalue weighted by Gasteiger charge is -2.29. The van der Waals surface area contributed by atoms with Gasteiger partial charge >= 0.3 is 5.97 Å². The summed E-state index contributed by atoms with van der Waals surface area (Å²) in [6.45, 7) is 5.87. The number of pyridine rings is 1. The Morgan fingerprint density at radius 3 is 2.44 bits per heavy atom. The molecule has 3 N–H and O–H groups in total. The van der Waals surface area contributed by atoms with Crippen LogP contribution in [0.2, 0.25) is 0 Å². The molecule has 1 aliphatic rings. The molecule has 0 saturated carbocycles. The van der Waals surface area contributed by atoms with Gasteiger partial charge in [-0.2, -0.15) is 0 Å². The van der Waals surface area contributed by atoms with Crippen molar-refractivity contribution in [2.45, 2.75) is 39.3 Å². The van der Waals surface area contributed by atoms with Crippen molar-refractivity contribution >= 4 is 40.6 Å². The highest BCUT2D eigenvalue weighted by atomic mass is 32.1. The quantitative estimate of drug-likeness (QED) is 0.231. The van der Waals surface area contributed by atoms with E-state index in [-0.39, 0.29) is 23.6 Å². The van der Waals surface area contributed by atoms with Gasteiger partial charge in [-0.05, 0) is 86.2 Å². The van der Waals surface area contributed by atoms with Crippen molar-refractivity contribution in [3.63, 3.8) is 0 Å². The van der Waals surface area contributed by atoms with Crippen LogP contribution in [0.4, 0.5) is 11.4 Å². The van der Waals surface area contributed by atoms with Crippen LogP contribution < -0.4 is 20.3 Å². The molecule has 0 bridgehead atoms. The maximum absolute atomic E-state index is 12.1. The van der Waals surface area contributed by atoms with E-state index in [9.17, 15) is 14.7 Å². The zero-order valence-electron chi connectivity index (χ0n) is 23.2. The van der Waals surface area contributed by atoms with Crippen molar-refractivity contribution in [2.24, 2.45) is 0 Å². The van der Waals surface area contributed by atoms with Crippen LogP contribution in [0.3, 0.4) is 0 Å². The summed E-state index contributed by atoms with van der Waals surface area (Å²) in [6.07, 6.45) is 2.12. The summed E-state index contributed by atoms with van der Waals surface area (Å²) in [6, 6.07) is 19.9. The molecule has 1 amide bonds. The van der Waals surface area contributed by atoms with E-state index in [1.54, 1.807) is 32.4 Å². The summed E-state index contributed by atoms with van der Waals surface area (Å²) in [5.74, 6) is -0.546. The summed E-state index contributed by atoms with van der Waals surface area (Å²) >= 11 is 5.91. The number of carbonyl (C=O) groups is 2. The molecular weight excluding hydrogens is 538 g/mol. The van der Waals surface area contributed by atoms with Gasteiger partial charge in [0, 0.05) is 41.4 Å². The molecule has 41 heavy (non-hydrogen) atoms. The topological polar surface area (TPSA) is 109 Å². The first-order valence-corrected chi connectivity index (χ1v) is 13.7. The van der Waals surface area contributed by atoms with Crippen LogP contribution in [0.15, 0.2) is 72.9 Å². The maximum atomic E-state index is 12.1. The second-order valence-corrected chi connectivity index (χ2v) is 10.2. The number of ether oxygens (including phenoxy) is 1. The summed E-state index contributed by atoms with van der Waals surface area (Å²) in [4.78, 5) is 30.2. The first-order chi connectivity index (χ1) is 19.7. The molecule has 2 aromatic heterocycles. The molecule has 0 aliphatic carbocycles. The number of carboxylic acids is 1. The van der Waals surface area contributed by atoms with E-state index in [2.05, 4.69) is 31.2 Å². The molecule has 1 aliphatic heterocycles. The van der Waals surface area contributed by atoms with Gasteiger partial charge in [0.25, 0.3) is 0 Å². The second kappa shape index (κ2) is 11.4. The number of methoxy groups -OCH3 is 1. The van der Waals surface area contributed by atoms with Gasteiger partial charge in [-0.1, -0.05) is 13.0 Å². The van der Waals surface area contributed by atoms with Crippen molar-refractivity contribution in [1.82, 2.24) is 14.9 Å². The lowest BCUT2D eigenvalue weighted by molar-refractivity contribution is -0.115. The SMILES string of the molecule is CCC(=O)Nc1ccc(N2C(=S)N[C@H](c3ccccn3)[C@H]2c2cc(C)n(-c3ccc(C(=O)O)cc3)c2C)cc1OC. The average Bonchev–Trinajstić information content (AvgIpc) is 3.48. The second-order valence-electron chi connectivity index (χ2n) is 9.80. The normalized spacial score (nSPS) is 16.4. The summed E-state index contributed by atoms with van der Waals surface area (Å²) < 4.78 is 7.76. The Labute approximate surface area is 243 Å². The van der Waals surface area contributed by atoms with E-state index in [4.69, 9.17) is 17.0 Å². The highest BCUT2D eigenvalue weighted by molar-refractivity contribution is 7.80. The van der Waals surface area contributed by atoms with Crippen LogP contribution in [0, 0.1) is 13.8 Å². The Balaban J connectivity index is 1.63. The van der Waals surface area contributed by atoms with Crippen LogP contribution in [-0.2, 0) is 4.79 Å². The van der Waals surface area contributed by atoms with Crippen LogP contribution >= 0.6 is 12.2 Å². The predicted octanol–water partition coefficient (Wildman–Crippen LogP) is 5.72. The number of nitrogens with one attached hydrogen (secondary N) is 2. The molecule has 1 fully saturated rings. The minimum Gasteiger partial charge on any atom is -0.494 e. The van der Waals surface area contributed by atoms with E-state index in [0.29, 0.717) is 23.0 Å². The van der Waals surface area contributed by atoms with Gasteiger partial charge < -0.3 is 29.9 Å². The molecule has 4 aromatic rings. The van der Waals surface area contributed by atoms with E-state index >= 15 is 0 Å². The molecule has 10 heteroatoms. The molecule has 210 valence electrons. The van der Waals surface area contributed by atoms with Crippen molar-refractivity contribution in [2.75, 3.05) is 17.3 Å². The Bertz CT molecular complexity index is 1620. The van der Waals surface area contributed by atoms with Crippen LogP contribution in [0.5, 0.6) is 5.75 Å². The fourth-order valence-electron chi connectivity index (χ4n) is 5.36. The van der Waals surface area contributed by atoms with Gasteiger partial charge in [0.05, 0.1) is 36.1 Å². The number of carboxylic acid groups (broad SMARTS) is 1. The van der Waals surface area contributed by atoms with Crippen LogP contribution in [-0.4, -0.2) is 38.8 Å². The number of thiocarbonyl (C=S) groups is 1. The van der Waals surface area contributed by atoms with E-state index in [0.717, 1.165) is 34.0 Å². The van der Waals surface area contributed by atoms with Crippen molar-refractivity contribution in [3.05, 3.63) is 101 Å². The average molecular weight is 570 g/mol. The third-order valence-electron chi connectivity index (χ3n) is 7.32. The number of nitrogens with zero attached hydrogens (tertiary/aromatic N) is 3. The number of hydrogen-bond donors (Lipinski definition) is 3. The molecule has 1 saturated heterocycles. The van der Waals surface area contributed by atoms with Crippen LogP contribution in [0.1, 0.15) is 58.4 Å². The summed E-state index contributed by atoms with van der Waals surface area (Å²) in [5, 5.41) is 16.3. The van der Waals surface area contributed by atoms with Crippen LogP contribution in [0.25, 0.3) is 5.69 Å². The largest absolute Gasteiger partial charge is 0.494 e. The smallest absolute Gasteiger partial charge is 0.335 e. The fraction of sp³-hybridized carbons (Fsp3) is 0.226. The van der Waals surface area contributed by atoms with Gasteiger partial charge in [-0.3, -0.25) is 9.78 Å². The van der Waals surface area contributed by atoms with Gasteiger partial charge in [0.2, 0.25) is 5.91 Å². The van der Waals surface area contributed by atoms with Gasteiger partial charge in [0.1, 0.15) is 5.75 Å². The number of hydrogen-bond acceptors (Lipinski definition) is 5. The maximum Gasteiger partial charge on any atom is 0.335 e. The van der Waals surface area contributed by atoms with Gasteiger partial charge in [-0.15, -0.1) is 0 Å². The first-order valence-electron chi connectivity index (χ1n) is 13.2. The van der Waals surface area contributed by atoms with Crippen molar-refractivity contribution in [3.8, 4) is 11.4 Å². The number of aryl methyl sites for hydroxylation is 1. The lowest BCUT2D eigenvalue weighted by atomic mass is 9.96. The predicted molar refractivity (Wildman–Crippen MR) is 162 cm³/mol. The number of carbonyl (C=O) groups excluding carboxylic acids is 1. The highest BCUT2D eigenvalue weighted by Gasteiger charge is 2.42.